The molecule has 1 saturated heterocycles. The minimum Gasteiger partial charge on any atom is -0.481 e. The van der Waals surface area contributed by atoms with Crippen LogP contribution in [0.4, 0.5) is 0 Å². The van der Waals surface area contributed by atoms with Gasteiger partial charge in [-0.25, -0.2) is 0 Å². The number of carboxylic acids is 1. The molecule has 1 aliphatic rings. The molecule has 0 aliphatic carbocycles. The van der Waals surface area contributed by atoms with E-state index in [0.717, 1.165) is 12.0 Å². The molecule has 0 unspecified atom stereocenters. The van der Waals surface area contributed by atoms with Crippen molar-refractivity contribution in [3.05, 3.63) is 35.9 Å². The highest BCUT2D eigenvalue weighted by molar-refractivity contribution is 6.01. The predicted molar refractivity (Wildman–Crippen MR) is 99.9 cm³/mol. The molecule has 2 amide bonds. The summed E-state index contributed by atoms with van der Waals surface area (Å²) in [7, 11) is 0. The molecule has 0 radical (unpaired) electrons. The molecule has 6 heteroatoms. The molecule has 1 aromatic carbocycles. The normalized spacial score (nSPS) is 15.2. The fraction of sp³-hybridized carbons (Fsp3) is 0.524. The molecule has 0 saturated carbocycles. The van der Waals surface area contributed by atoms with Crippen molar-refractivity contribution in [2.45, 2.75) is 57.8 Å². The van der Waals surface area contributed by atoms with E-state index in [9.17, 15) is 24.3 Å². The van der Waals surface area contributed by atoms with Crippen LogP contribution in [0, 0.1) is 5.92 Å². The summed E-state index contributed by atoms with van der Waals surface area (Å²) in [6.07, 6.45) is 4.26. The van der Waals surface area contributed by atoms with E-state index in [2.05, 4.69) is 0 Å². The maximum Gasteiger partial charge on any atom is 0.306 e. The van der Waals surface area contributed by atoms with E-state index in [1.165, 1.54) is 4.90 Å². The summed E-state index contributed by atoms with van der Waals surface area (Å²) in [4.78, 5) is 47.8. The molecule has 1 fully saturated rings. The van der Waals surface area contributed by atoms with Crippen LogP contribution >= 0.6 is 0 Å². The molecule has 1 heterocycles. The maximum absolute atomic E-state index is 12.0. The van der Waals surface area contributed by atoms with Crippen molar-refractivity contribution in [2.75, 3.05) is 6.54 Å². The van der Waals surface area contributed by atoms with Crippen LogP contribution in [0.2, 0.25) is 0 Å². The van der Waals surface area contributed by atoms with Crippen LogP contribution in [-0.2, 0) is 25.6 Å². The zero-order valence-electron chi connectivity index (χ0n) is 15.6. The third kappa shape index (κ3) is 6.96. The summed E-state index contributed by atoms with van der Waals surface area (Å²) in [5.74, 6) is -1.55. The molecule has 1 aromatic rings. The molecular formula is C21H27NO5. The monoisotopic (exact) mass is 373 g/mol. The van der Waals surface area contributed by atoms with Crippen LogP contribution in [-0.4, -0.2) is 40.1 Å². The van der Waals surface area contributed by atoms with Crippen molar-refractivity contribution in [1.82, 2.24) is 4.90 Å². The fourth-order valence-electron chi connectivity index (χ4n) is 3.31. The highest BCUT2D eigenvalue weighted by Crippen LogP contribution is 2.17. The van der Waals surface area contributed by atoms with Crippen LogP contribution in [0.25, 0.3) is 0 Å². The molecule has 146 valence electrons. The Morgan fingerprint density at radius 2 is 1.63 bits per heavy atom. The second-order valence-electron chi connectivity index (χ2n) is 7.05. The van der Waals surface area contributed by atoms with Gasteiger partial charge in [-0.3, -0.25) is 24.1 Å². The Kier molecular flexibility index (Phi) is 8.17. The van der Waals surface area contributed by atoms with E-state index in [0.29, 0.717) is 51.5 Å². The van der Waals surface area contributed by atoms with Gasteiger partial charge in [-0.2, -0.15) is 0 Å². The minimum atomic E-state index is -0.869. The van der Waals surface area contributed by atoms with Crippen LogP contribution in [0.1, 0.15) is 56.9 Å². The molecule has 0 bridgehead atoms. The van der Waals surface area contributed by atoms with Crippen molar-refractivity contribution >= 4 is 23.6 Å². The van der Waals surface area contributed by atoms with Gasteiger partial charge in [0.15, 0.2) is 0 Å². The average Bonchev–Trinajstić information content (AvgIpc) is 2.97. The summed E-state index contributed by atoms with van der Waals surface area (Å²) in [6.45, 7) is 0.435. The number of hydrogen-bond donors (Lipinski definition) is 1. The van der Waals surface area contributed by atoms with Gasteiger partial charge in [-0.05, 0) is 31.2 Å². The number of nitrogens with zero attached hydrogens (tertiary/aromatic N) is 1. The number of hydrogen-bond acceptors (Lipinski definition) is 4. The molecule has 27 heavy (non-hydrogen) atoms. The Morgan fingerprint density at radius 3 is 2.26 bits per heavy atom. The minimum absolute atomic E-state index is 0.0719. The Morgan fingerprint density at radius 1 is 0.963 bits per heavy atom. The lowest BCUT2D eigenvalue weighted by Crippen LogP contribution is -2.29. The summed E-state index contributed by atoms with van der Waals surface area (Å²) < 4.78 is 0. The average molecular weight is 373 g/mol. The molecular weight excluding hydrogens is 346 g/mol. The Hall–Kier alpha value is -2.50. The van der Waals surface area contributed by atoms with Crippen molar-refractivity contribution in [3.63, 3.8) is 0 Å². The third-order valence-electron chi connectivity index (χ3n) is 4.94. The number of unbranched alkanes of at least 4 members (excludes halogenated alkanes) is 2. The van der Waals surface area contributed by atoms with E-state index < -0.39 is 11.9 Å². The first-order chi connectivity index (χ1) is 13.0. The molecule has 2 rings (SSSR count). The van der Waals surface area contributed by atoms with E-state index in [-0.39, 0.29) is 24.0 Å². The molecule has 1 aliphatic heterocycles. The van der Waals surface area contributed by atoms with Crippen LogP contribution < -0.4 is 0 Å². The predicted octanol–water partition coefficient (Wildman–Crippen LogP) is 2.99. The fourth-order valence-corrected chi connectivity index (χ4v) is 3.31. The highest BCUT2D eigenvalue weighted by Gasteiger charge is 2.27. The van der Waals surface area contributed by atoms with Crippen LogP contribution in [0.3, 0.4) is 0 Å². The largest absolute Gasteiger partial charge is 0.481 e. The zero-order valence-corrected chi connectivity index (χ0v) is 15.6. The van der Waals surface area contributed by atoms with Gasteiger partial charge < -0.3 is 5.11 Å². The third-order valence-corrected chi connectivity index (χ3v) is 4.94. The molecule has 0 spiro atoms. The van der Waals surface area contributed by atoms with Gasteiger partial charge in [0, 0.05) is 32.2 Å². The number of benzene rings is 1. The smallest absolute Gasteiger partial charge is 0.306 e. The lowest BCUT2D eigenvalue weighted by atomic mass is 9.93. The Labute approximate surface area is 159 Å². The molecule has 1 atom stereocenters. The number of Topliss-reactive ketones (excluding diaryl/α,β-unsaturated/α-hetero) is 1. The van der Waals surface area contributed by atoms with Gasteiger partial charge in [0.2, 0.25) is 11.8 Å². The first-order valence-corrected chi connectivity index (χ1v) is 9.59. The Bertz CT molecular complexity index is 654. The zero-order chi connectivity index (χ0) is 19.6. The number of ketones is 1. The van der Waals surface area contributed by atoms with Crippen molar-refractivity contribution in [3.8, 4) is 0 Å². The number of likely N-dealkylation sites (tertiary alicyclic amines) is 1. The molecule has 6 nitrogen and oxygen atoms in total. The summed E-state index contributed by atoms with van der Waals surface area (Å²) in [6, 6.07) is 9.44. The lowest BCUT2D eigenvalue weighted by Gasteiger charge is -2.13. The summed E-state index contributed by atoms with van der Waals surface area (Å²) in [5.41, 5.74) is 0.961. The number of imide groups is 1. The topological polar surface area (TPSA) is 91.8 Å². The van der Waals surface area contributed by atoms with Crippen molar-refractivity contribution < 1.29 is 24.3 Å². The quantitative estimate of drug-likeness (QED) is 0.449. The first kappa shape index (κ1) is 20.8. The van der Waals surface area contributed by atoms with Crippen LogP contribution in [0.5, 0.6) is 0 Å². The van der Waals surface area contributed by atoms with E-state index >= 15 is 0 Å². The molecule has 1 N–H and O–H groups in total. The lowest BCUT2D eigenvalue weighted by molar-refractivity contribution is -0.142. The number of carbonyl (C=O) groups is 4. The SMILES string of the molecule is O=C(CCCCCN1C(=O)CCC1=O)CC[C@H](Cc1ccccc1)C(=O)O. The van der Waals surface area contributed by atoms with Gasteiger partial charge in [-0.15, -0.1) is 0 Å². The second kappa shape index (κ2) is 10.6. The van der Waals surface area contributed by atoms with Crippen LogP contribution in [0.15, 0.2) is 30.3 Å². The number of carboxylic acid groups (broad SMARTS) is 1. The Balaban J connectivity index is 1.62. The van der Waals surface area contributed by atoms with Gasteiger partial charge >= 0.3 is 5.97 Å². The van der Waals surface area contributed by atoms with Crippen molar-refractivity contribution in [1.29, 1.82) is 0 Å². The molecule has 0 aromatic heterocycles. The second-order valence-corrected chi connectivity index (χ2v) is 7.05. The standard InChI is InChI=1S/C21H27NO5/c23-18(9-5-2-6-14-22-19(24)12-13-20(22)25)11-10-17(21(26)27)15-16-7-3-1-4-8-16/h1,3-4,7-8,17H,2,5-6,9-15H2,(H,26,27)/t17-/m1/s1. The van der Waals surface area contributed by atoms with E-state index in [4.69, 9.17) is 0 Å². The highest BCUT2D eigenvalue weighted by atomic mass is 16.4. The number of rotatable bonds is 12. The van der Waals surface area contributed by atoms with Gasteiger partial charge in [0.1, 0.15) is 5.78 Å². The first-order valence-electron chi connectivity index (χ1n) is 9.59. The maximum atomic E-state index is 12.0. The number of aliphatic carboxylic acids is 1. The van der Waals surface area contributed by atoms with Crippen molar-refractivity contribution in [2.24, 2.45) is 5.92 Å². The van der Waals surface area contributed by atoms with E-state index in [1.54, 1.807) is 0 Å². The van der Waals surface area contributed by atoms with Gasteiger partial charge in [0.25, 0.3) is 0 Å². The number of carbonyl (C=O) groups excluding carboxylic acids is 3. The number of amides is 2. The van der Waals surface area contributed by atoms with E-state index in [1.807, 2.05) is 30.3 Å². The summed E-state index contributed by atoms with van der Waals surface area (Å²) >= 11 is 0. The van der Waals surface area contributed by atoms with Gasteiger partial charge in [0.05, 0.1) is 5.92 Å². The van der Waals surface area contributed by atoms with Gasteiger partial charge in [-0.1, -0.05) is 36.8 Å². The summed E-state index contributed by atoms with van der Waals surface area (Å²) in [5, 5.41) is 9.37.